The minimum absolute atomic E-state index is 0.140. The molecule has 7 heteroatoms. The third-order valence-electron chi connectivity index (χ3n) is 6.35. The maximum atomic E-state index is 12.8. The molecule has 0 aromatic carbocycles. The molecule has 1 saturated heterocycles. The number of fused-ring (bicyclic) bond motifs is 1. The molecular formula is C22H30N4O3. The van der Waals surface area contributed by atoms with E-state index in [1.165, 1.54) is 0 Å². The quantitative estimate of drug-likeness (QED) is 0.852. The van der Waals surface area contributed by atoms with Gasteiger partial charge in [-0.1, -0.05) is 0 Å². The normalized spacial score (nSPS) is 26.4. The van der Waals surface area contributed by atoms with Gasteiger partial charge >= 0.3 is 0 Å². The Hall–Kier alpha value is -2.41. The Kier molecular flexibility index (Phi) is 5.34. The van der Waals surface area contributed by atoms with Crippen molar-refractivity contribution in [3.05, 3.63) is 41.0 Å². The van der Waals surface area contributed by atoms with Gasteiger partial charge in [0.1, 0.15) is 11.9 Å². The predicted octanol–water partition coefficient (Wildman–Crippen LogP) is 1.96. The number of aromatic nitrogens is 3. The van der Waals surface area contributed by atoms with Gasteiger partial charge in [-0.25, -0.2) is 0 Å². The second-order valence-corrected chi connectivity index (χ2v) is 8.64. The third-order valence-corrected chi connectivity index (χ3v) is 6.35. The zero-order valence-electron chi connectivity index (χ0n) is 17.6. The first-order valence-electron chi connectivity index (χ1n) is 10.4. The molecule has 0 spiro atoms. The third kappa shape index (κ3) is 4.15. The number of aliphatic hydroxyl groups excluding tert-OH is 1. The molecule has 4 atom stereocenters. The topological polar surface area (TPSA) is 80.5 Å². The molecule has 2 fully saturated rings. The lowest BCUT2D eigenvalue weighted by Crippen LogP contribution is -2.42. The van der Waals surface area contributed by atoms with Crippen LogP contribution in [0.5, 0.6) is 5.75 Å². The molecule has 1 aliphatic heterocycles. The van der Waals surface area contributed by atoms with Crippen LogP contribution in [-0.2, 0) is 18.3 Å². The average Bonchev–Trinajstić information content (AvgIpc) is 3.19. The smallest absolute Gasteiger partial charge is 0.227 e. The molecule has 1 N–H and O–H groups in total. The van der Waals surface area contributed by atoms with Crippen molar-refractivity contribution >= 4 is 5.91 Å². The Balaban J connectivity index is 1.39. The van der Waals surface area contributed by atoms with Gasteiger partial charge in [-0.3, -0.25) is 14.5 Å². The van der Waals surface area contributed by atoms with Crippen molar-refractivity contribution in [2.24, 2.45) is 18.9 Å². The summed E-state index contributed by atoms with van der Waals surface area (Å²) in [7, 11) is 1.87. The number of hydrogen-bond donors (Lipinski definition) is 1. The molecule has 1 aliphatic carbocycles. The Morgan fingerprint density at radius 1 is 1.17 bits per heavy atom. The van der Waals surface area contributed by atoms with E-state index >= 15 is 0 Å². The van der Waals surface area contributed by atoms with Gasteiger partial charge in [0.05, 0.1) is 23.9 Å². The van der Waals surface area contributed by atoms with E-state index in [1.54, 1.807) is 4.68 Å². The van der Waals surface area contributed by atoms with Crippen molar-refractivity contribution in [2.75, 3.05) is 13.1 Å². The highest BCUT2D eigenvalue weighted by molar-refractivity contribution is 5.79. The number of likely N-dealkylation sites (tertiary alicyclic amines) is 1. The summed E-state index contributed by atoms with van der Waals surface area (Å²) in [5, 5.41) is 15.0. The van der Waals surface area contributed by atoms with E-state index in [0.717, 1.165) is 47.9 Å². The maximum absolute atomic E-state index is 12.8. The van der Waals surface area contributed by atoms with Crippen molar-refractivity contribution in [2.45, 2.75) is 52.2 Å². The van der Waals surface area contributed by atoms with Crippen molar-refractivity contribution in [1.29, 1.82) is 0 Å². The van der Waals surface area contributed by atoms with Crippen LogP contribution in [0.1, 0.15) is 35.5 Å². The number of ether oxygens (including phenoxy) is 1. The van der Waals surface area contributed by atoms with Gasteiger partial charge in [-0.15, -0.1) is 0 Å². The van der Waals surface area contributed by atoms with E-state index in [9.17, 15) is 9.90 Å². The summed E-state index contributed by atoms with van der Waals surface area (Å²) < 4.78 is 7.90. The number of aryl methyl sites for hydroxylation is 4. The summed E-state index contributed by atoms with van der Waals surface area (Å²) in [5.41, 5.74) is 3.68. The van der Waals surface area contributed by atoms with Crippen molar-refractivity contribution in [1.82, 2.24) is 19.7 Å². The highest BCUT2D eigenvalue weighted by Crippen LogP contribution is 2.38. The lowest BCUT2D eigenvalue weighted by molar-refractivity contribution is -0.129. The highest BCUT2D eigenvalue weighted by Gasteiger charge is 2.44. The van der Waals surface area contributed by atoms with Crippen LogP contribution in [0, 0.1) is 32.6 Å². The van der Waals surface area contributed by atoms with Crippen LogP contribution in [-0.4, -0.2) is 56.0 Å². The summed E-state index contributed by atoms with van der Waals surface area (Å²) in [6.07, 6.45) is 2.96. The number of pyridine rings is 1. The summed E-state index contributed by atoms with van der Waals surface area (Å²) in [5.74, 6) is 1.57. The van der Waals surface area contributed by atoms with E-state index in [-0.39, 0.29) is 12.0 Å². The van der Waals surface area contributed by atoms with Gasteiger partial charge in [0, 0.05) is 37.6 Å². The molecule has 4 rings (SSSR count). The van der Waals surface area contributed by atoms with Gasteiger partial charge in [-0.2, -0.15) is 5.10 Å². The number of amides is 1. The fraction of sp³-hybridized carbons (Fsp3) is 0.591. The zero-order chi connectivity index (χ0) is 20.7. The molecule has 156 valence electrons. The predicted molar refractivity (Wildman–Crippen MR) is 109 cm³/mol. The van der Waals surface area contributed by atoms with E-state index < -0.39 is 6.10 Å². The standard InChI is InChI=1S/C22H30N4O3/c1-13-5-6-20(15(3)23-13)29-21-8-18-12-26(11-17(18)7-19(21)27)22(28)9-16-10-25(4)24-14(16)2/h5-6,10,17-19,21,27H,7-9,11-12H2,1-4H3/t17-,18+,19+,21+/m0/s1. The van der Waals surface area contributed by atoms with Gasteiger partial charge in [0.25, 0.3) is 0 Å². The van der Waals surface area contributed by atoms with Gasteiger partial charge in [-0.05, 0) is 57.6 Å². The lowest BCUT2D eigenvalue weighted by Gasteiger charge is -2.35. The minimum Gasteiger partial charge on any atom is -0.486 e. The SMILES string of the molecule is Cc1ccc(O[C@@H]2C[C@@H]3CN(C(=O)Cc4cn(C)nc4C)C[C@@H]3C[C@H]2O)c(C)n1. The van der Waals surface area contributed by atoms with Crippen LogP contribution >= 0.6 is 0 Å². The van der Waals surface area contributed by atoms with Crippen LogP contribution in [0.15, 0.2) is 18.3 Å². The molecule has 2 aromatic rings. The fourth-order valence-corrected chi connectivity index (χ4v) is 4.78. The molecule has 2 aliphatic rings. The summed E-state index contributed by atoms with van der Waals surface area (Å²) in [6.45, 7) is 7.27. The van der Waals surface area contributed by atoms with Gasteiger partial charge in [0.2, 0.25) is 5.91 Å². The minimum atomic E-state index is -0.521. The molecular weight excluding hydrogens is 368 g/mol. The number of rotatable bonds is 4. The zero-order valence-corrected chi connectivity index (χ0v) is 17.6. The monoisotopic (exact) mass is 398 g/mol. The fourth-order valence-electron chi connectivity index (χ4n) is 4.78. The van der Waals surface area contributed by atoms with Crippen LogP contribution in [0.3, 0.4) is 0 Å². The highest BCUT2D eigenvalue weighted by atomic mass is 16.5. The Morgan fingerprint density at radius 2 is 1.90 bits per heavy atom. The molecule has 2 aromatic heterocycles. The molecule has 0 unspecified atom stereocenters. The average molecular weight is 399 g/mol. The summed E-state index contributed by atoms with van der Waals surface area (Å²) in [4.78, 5) is 19.2. The van der Waals surface area contributed by atoms with Crippen molar-refractivity contribution in [3.63, 3.8) is 0 Å². The lowest BCUT2D eigenvalue weighted by atomic mass is 9.78. The largest absolute Gasteiger partial charge is 0.486 e. The first-order valence-corrected chi connectivity index (χ1v) is 10.4. The molecule has 7 nitrogen and oxygen atoms in total. The van der Waals surface area contributed by atoms with E-state index in [0.29, 0.717) is 24.7 Å². The molecule has 0 radical (unpaired) electrons. The Labute approximate surface area is 171 Å². The summed E-state index contributed by atoms with van der Waals surface area (Å²) >= 11 is 0. The summed E-state index contributed by atoms with van der Waals surface area (Å²) in [6, 6.07) is 3.86. The number of nitrogens with zero attached hydrogens (tertiary/aromatic N) is 4. The molecule has 3 heterocycles. The number of aliphatic hydroxyl groups is 1. The molecule has 0 bridgehead atoms. The Morgan fingerprint density at radius 3 is 2.55 bits per heavy atom. The number of hydrogen-bond acceptors (Lipinski definition) is 5. The van der Waals surface area contributed by atoms with Gasteiger partial charge in [0.15, 0.2) is 0 Å². The van der Waals surface area contributed by atoms with Crippen LogP contribution in [0.25, 0.3) is 0 Å². The van der Waals surface area contributed by atoms with E-state index in [1.807, 2.05) is 51.0 Å². The first kappa shape index (κ1) is 19.9. The molecule has 1 saturated carbocycles. The van der Waals surface area contributed by atoms with Gasteiger partial charge < -0.3 is 14.7 Å². The first-order chi connectivity index (χ1) is 13.8. The Bertz CT molecular complexity index is 909. The molecule has 1 amide bonds. The van der Waals surface area contributed by atoms with Crippen LogP contribution < -0.4 is 4.74 Å². The van der Waals surface area contributed by atoms with Crippen LogP contribution in [0.2, 0.25) is 0 Å². The molecule has 29 heavy (non-hydrogen) atoms. The number of carbonyl (C=O) groups is 1. The van der Waals surface area contributed by atoms with Crippen molar-refractivity contribution < 1.29 is 14.6 Å². The second kappa shape index (κ2) is 7.78. The van der Waals surface area contributed by atoms with E-state index in [4.69, 9.17) is 4.74 Å². The maximum Gasteiger partial charge on any atom is 0.227 e. The van der Waals surface area contributed by atoms with Crippen LogP contribution in [0.4, 0.5) is 0 Å². The van der Waals surface area contributed by atoms with E-state index in [2.05, 4.69) is 10.1 Å². The number of carbonyl (C=O) groups excluding carboxylic acids is 1. The van der Waals surface area contributed by atoms with Crippen molar-refractivity contribution in [3.8, 4) is 5.75 Å². The second-order valence-electron chi connectivity index (χ2n) is 8.64.